The molecule has 3 heterocycles. The Labute approximate surface area is 357 Å². The summed E-state index contributed by atoms with van der Waals surface area (Å²) in [7, 11) is 0. The van der Waals surface area contributed by atoms with E-state index < -0.39 is 0 Å². The lowest BCUT2D eigenvalue weighted by Crippen LogP contribution is -1.95. The van der Waals surface area contributed by atoms with E-state index in [0.717, 1.165) is 77.4 Å². The minimum Gasteiger partial charge on any atom is -0.247 e. The van der Waals surface area contributed by atoms with Crippen LogP contribution in [0.5, 0.6) is 0 Å². The Morgan fingerprint density at radius 3 is 1.35 bits per heavy atom. The molecule has 3 aromatic heterocycles. The first-order valence-electron chi connectivity index (χ1n) is 21.2. The van der Waals surface area contributed by atoms with Crippen LogP contribution in [0, 0.1) is 0 Å². The highest BCUT2D eigenvalue weighted by Crippen LogP contribution is 2.46. The molecule has 0 N–H and O–H groups in total. The van der Waals surface area contributed by atoms with E-state index in [2.05, 4.69) is 206 Å². The molecule has 0 spiro atoms. The topological polar surface area (TPSA) is 38.7 Å². The normalized spacial score (nSPS) is 11.9. The van der Waals surface area contributed by atoms with E-state index in [1.54, 1.807) is 0 Å². The van der Waals surface area contributed by atoms with Crippen molar-refractivity contribution in [3.8, 4) is 44.9 Å². The van der Waals surface area contributed by atoms with E-state index in [1.165, 1.54) is 54.0 Å². The average molecular weight is 786 g/mol. The molecule has 13 aromatic rings. The van der Waals surface area contributed by atoms with Crippen LogP contribution in [0.2, 0.25) is 0 Å². The molecule has 0 amide bonds. The van der Waals surface area contributed by atoms with Gasteiger partial charge in [-0.25, -0.2) is 15.0 Å². The molecule has 13 rings (SSSR count). The summed E-state index contributed by atoms with van der Waals surface area (Å²) >= 11 is 0. The van der Waals surface area contributed by atoms with Crippen molar-refractivity contribution in [2.75, 3.05) is 0 Å². The Balaban J connectivity index is 1.06. The Bertz CT molecular complexity index is 3930. The lowest BCUT2D eigenvalue weighted by atomic mass is 9.86. The van der Waals surface area contributed by atoms with Crippen molar-refractivity contribution in [1.82, 2.24) is 15.0 Å². The summed E-state index contributed by atoms with van der Waals surface area (Å²) in [5.41, 5.74) is 11.3. The average Bonchev–Trinajstić information content (AvgIpc) is 3.35. The zero-order valence-corrected chi connectivity index (χ0v) is 33.5. The van der Waals surface area contributed by atoms with Gasteiger partial charge in [-0.2, -0.15) is 0 Å². The van der Waals surface area contributed by atoms with Gasteiger partial charge < -0.3 is 0 Å². The highest BCUT2D eigenvalue weighted by atomic mass is 14.8. The molecule has 0 unspecified atom stereocenters. The first-order valence-corrected chi connectivity index (χ1v) is 21.2. The molecule has 62 heavy (non-hydrogen) atoms. The molecule has 0 atom stereocenters. The van der Waals surface area contributed by atoms with E-state index in [1.807, 2.05) is 6.07 Å². The molecule has 286 valence electrons. The second-order valence-electron chi connectivity index (χ2n) is 16.2. The molecule has 0 aliphatic carbocycles. The van der Waals surface area contributed by atoms with E-state index in [0.29, 0.717) is 0 Å². The Morgan fingerprint density at radius 1 is 0.258 bits per heavy atom. The quantitative estimate of drug-likeness (QED) is 0.132. The smallest absolute Gasteiger partial charge is 0.0972 e. The van der Waals surface area contributed by atoms with Gasteiger partial charge >= 0.3 is 0 Å². The van der Waals surface area contributed by atoms with Crippen molar-refractivity contribution < 1.29 is 0 Å². The van der Waals surface area contributed by atoms with Gasteiger partial charge in [0.25, 0.3) is 0 Å². The number of nitrogens with zero attached hydrogens (tertiary/aromatic N) is 3. The van der Waals surface area contributed by atoms with Gasteiger partial charge in [-0.1, -0.05) is 188 Å². The van der Waals surface area contributed by atoms with Crippen LogP contribution in [0.15, 0.2) is 212 Å². The molecule has 10 aromatic carbocycles. The number of fused-ring (bicyclic) bond motifs is 13. The molecule has 0 fully saturated rings. The van der Waals surface area contributed by atoms with Crippen LogP contribution in [-0.4, -0.2) is 15.0 Å². The molecular formula is C59H35N3. The van der Waals surface area contributed by atoms with Crippen molar-refractivity contribution in [3.05, 3.63) is 212 Å². The number of para-hydroxylation sites is 1. The third-order valence-corrected chi connectivity index (χ3v) is 12.8. The summed E-state index contributed by atoms with van der Waals surface area (Å²) in [5, 5.41) is 15.3. The number of aromatic nitrogens is 3. The molecule has 0 aliphatic rings. The largest absolute Gasteiger partial charge is 0.247 e. The molecule has 0 radical (unpaired) electrons. The maximum absolute atomic E-state index is 5.50. The third-order valence-electron chi connectivity index (χ3n) is 12.8. The van der Waals surface area contributed by atoms with Crippen LogP contribution < -0.4 is 0 Å². The maximum Gasteiger partial charge on any atom is 0.0972 e. The molecule has 3 heteroatoms. The van der Waals surface area contributed by atoms with Crippen LogP contribution in [0.3, 0.4) is 0 Å². The van der Waals surface area contributed by atoms with Gasteiger partial charge in [-0.15, -0.1) is 0 Å². The van der Waals surface area contributed by atoms with E-state index in [9.17, 15) is 0 Å². The predicted octanol–water partition coefficient (Wildman–Crippen LogP) is 15.8. The number of hydrogen-bond acceptors (Lipinski definition) is 3. The Kier molecular flexibility index (Phi) is 7.60. The van der Waals surface area contributed by atoms with Gasteiger partial charge in [0.15, 0.2) is 0 Å². The lowest BCUT2D eigenvalue weighted by molar-refractivity contribution is 1.37. The van der Waals surface area contributed by atoms with Gasteiger partial charge in [0.1, 0.15) is 0 Å². The fourth-order valence-corrected chi connectivity index (χ4v) is 10.0. The zero-order valence-electron chi connectivity index (χ0n) is 33.5. The minimum absolute atomic E-state index is 0.901. The van der Waals surface area contributed by atoms with Gasteiger partial charge in [-0.05, 0) is 78.5 Å². The van der Waals surface area contributed by atoms with Crippen LogP contribution in [0.4, 0.5) is 0 Å². The minimum atomic E-state index is 0.901. The summed E-state index contributed by atoms with van der Waals surface area (Å²) in [6.45, 7) is 0. The molecule has 0 aliphatic heterocycles. The number of pyridine rings is 3. The second kappa shape index (κ2) is 13.6. The van der Waals surface area contributed by atoms with Crippen LogP contribution in [0.1, 0.15) is 0 Å². The zero-order chi connectivity index (χ0) is 40.7. The van der Waals surface area contributed by atoms with Crippen LogP contribution in [0.25, 0.3) is 131 Å². The standard InChI is InChI=1S/C59H35N3/c1-2-15-36(16-3-1)50-33-31-37-29-30-38-32-34-52(62-59(38)58(37)60-50)54-47-25-10-8-23-45(47)53(46-24-9-11-26-48(46)54)39-17-14-18-40(35-39)57-56-44-22-7-5-20-42(44)41-19-4-6-21-43(41)55(56)49-27-12-13-28-51(49)61-57/h1-35H. The summed E-state index contributed by atoms with van der Waals surface area (Å²) in [6.07, 6.45) is 0. The summed E-state index contributed by atoms with van der Waals surface area (Å²) < 4.78 is 0. The highest BCUT2D eigenvalue weighted by molar-refractivity contribution is 6.33. The van der Waals surface area contributed by atoms with Crippen molar-refractivity contribution >= 4 is 86.6 Å². The Hall–Kier alpha value is -8.27. The fraction of sp³-hybridized carbons (Fsp3) is 0. The SMILES string of the molecule is c1ccc(-c2ccc3ccc4ccc(-c5c6ccccc6c(-c6cccc(-c7nc8ccccc8c8c9ccccc9c9ccccc9c78)c6)c6ccccc56)nc4c3n2)cc1. The number of hydrogen-bond donors (Lipinski definition) is 0. The van der Waals surface area contributed by atoms with Gasteiger partial charge in [0.05, 0.1) is 33.6 Å². The van der Waals surface area contributed by atoms with Crippen LogP contribution >= 0.6 is 0 Å². The Morgan fingerprint density at radius 2 is 0.710 bits per heavy atom. The first kappa shape index (κ1) is 34.6. The highest BCUT2D eigenvalue weighted by Gasteiger charge is 2.21. The van der Waals surface area contributed by atoms with Crippen molar-refractivity contribution in [2.24, 2.45) is 0 Å². The molecule has 0 bridgehead atoms. The molecule has 0 saturated carbocycles. The molecule has 3 nitrogen and oxygen atoms in total. The first-order chi connectivity index (χ1) is 30.8. The van der Waals surface area contributed by atoms with Crippen molar-refractivity contribution in [1.29, 1.82) is 0 Å². The number of rotatable bonds is 4. The van der Waals surface area contributed by atoms with Gasteiger partial charge in [0, 0.05) is 43.6 Å². The molecule has 0 saturated heterocycles. The summed E-state index contributed by atoms with van der Waals surface area (Å²) in [4.78, 5) is 16.2. The maximum atomic E-state index is 5.50. The van der Waals surface area contributed by atoms with Crippen LogP contribution in [-0.2, 0) is 0 Å². The fourth-order valence-electron chi connectivity index (χ4n) is 10.0. The van der Waals surface area contributed by atoms with E-state index in [4.69, 9.17) is 15.0 Å². The lowest BCUT2D eigenvalue weighted by Gasteiger charge is -2.19. The van der Waals surface area contributed by atoms with Crippen molar-refractivity contribution in [3.63, 3.8) is 0 Å². The van der Waals surface area contributed by atoms with Gasteiger partial charge in [-0.3, -0.25) is 0 Å². The monoisotopic (exact) mass is 785 g/mol. The van der Waals surface area contributed by atoms with Gasteiger partial charge in [0.2, 0.25) is 0 Å². The second-order valence-corrected chi connectivity index (χ2v) is 16.2. The van der Waals surface area contributed by atoms with Crippen molar-refractivity contribution in [2.45, 2.75) is 0 Å². The summed E-state index contributed by atoms with van der Waals surface area (Å²) in [5.74, 6) is 0. The van der Waals surface area contributed by atoms with E-state index in [-0.39, 0.29) is 0 Å². The summed E-state index contributed by atoms with van der Waals surface area (Å²) in [6, 6.07) is 76.2. The van der Waals surface area contributed by atoms with E-state index >= 15 is 0 Å². The third kappa shape index (κ3) is 5.22. The predicted molar refractivity (Wildman–Crippen MR) is 262 cm³/mol. The number of benzene rings is 10. The molecular weight excluding hydrogens is 751 g/mol.